The first-order valence-corrected chi connectivity index (χ1v) is 6.36. The van der Waals surface area contributed by atoms with Crippen LogP contribution < -0.4 is 10.6 Å². The van der Waals surface area contributed by atoms with Crippen LogP contribution in [0.1, 0.15) is 19.3 Å². The van der Waals surface area contributed by atoms with E-state index < -0.39 is 12.2 Å². The predicted octanol–water partition coefficient (Wildman–Crippen LogP) is 3.00. The third-order valence-electron chi connectivity index (χ3n) is 3.42. The van der Waals surface area contributed by atoms with Gasteiger partial charge >= 0.3 is 0 Å². The fraction of sp³-hybridized carbons (Fsp3) is 0.538. The van der Waals surface area contributed by atoms with Gasteiger partial charge in [0.1, 0.15) is 6.67 Å². The summed E-state index contributed by atoms with van der Waals surface area (Å²) in [6, 6.07) is 7.77. The van der Waals surface area contributed by atoms with Gasteiger partial charge in [0, 0.05) is 29.3 Å². The first-order chi connectivity index (χ1) is 8.13. The van der Waals surface area contributed by atoms with Gasteiger partial charge in [-0.2, -0.15) is 0 Å². The zero-order chi connectivity index (χ0) is 12.3. The molecule has 0 saturated carbocycles. The van der Waals surface area contributed by atoms with Crippen molar-refractivity contribution in [3.8, 4) is 0 Å². The molecule has 1 aliphatic heterocycles. The normalized spacial score (nSPS) is 25.7. The van der Waals surface area contributed by atoms with E-state index in [1.165, 1.54) is 0 Å². The van der Waals surface area contributed by atoms with E-state index >= 15 is 0 Å². The molecule has 1 fully saturated rings. The second-order valence-corrected chi connectivity index (χ2v) is 5.25. The summed E-state index contributed by atoms with van der Waals surface area (Å²) in [6.45, 7) is 1.27. The van der Waals surface area contributed by atoms with Gasteiger partial charge in [-0.1, -0.05) is 17.7 Å². The first-order valence-electron chi connectivity index (χ1n) is 5.98. The largest absolute Gasteiger partial charge is 0.371 e. The van der Waals surface area contributed by atoms with E-state index in [1.54, 1.807) is 0 Å². The summed E-state index contributed by atoms with van der Waals surface area (Å²) in [7, 11) is 0. The predicted molar refractivity (Wildman–Crippen MR) is 70.4 cm³/mol. The molecule has 1 aliphatic rings. The average Bonchev–Trinajstić information content (AvgIpc) is 2.52. The maximum absolute atomic E-state index is 12.9. The van der Waals surface area contributed by atoms with Crippen molar-refractivity contribution in [3.63, 3.8) is 0 Å². The van der Waals surface area contributed by atoms with Crippen molar-refractivity contribution in [1.29, 1.82) is 0 Å². The van der Waals surface area contributed by atoms with Gasteiger partial charge in [0.15, 0.2) is 0 Å². The van der Waals surface area contributed by atoms with Gasteiger partial charge in [0.05, 0.1) is 0 Å². The number of benzene rings is 1. The Labute approximate surface area is 107 Å². The highest BCUT2D eigenvalue weighted by Crippen LogP contribution is 2.26. The van der Waals surface area contributed by atoms with Gasteiger partial charge in [0.2, 0.25) is 0 Å². The number of alkyl halides is 1. The Morgan fingerprint density at radius 3 is 2.88 bits per heavy atom. The van der Waals surface area contributed by atoms with Gasteiger partial charge in [-0.25, -0.2) is 4.39 Å². The lowest BCUT2D eigenvalue weighted by Gasteiger charge is -2.25. The Balaban J connectivity index is 2.09. The average molecular weight is 257 g/mol. The highest BCUT2D eigenvalue weighted by Gasteiger charge is 2.28. The molecule has 4 heteroatoms. The van der Waals surface area contributed by atoms with Crippen LogP contribution in [0.4, 0.5) is 10.1 Å². The van der Waals surface area contributed by atoms with E-state index in [1.807, 2.05) is 24.3 Å². The molecule has 1 aromatic carbocycles. The Kier molecular flexibility index (Phi) is 3.89. The van der Waals surface area contributed by atoms with Gasteiger partial charge in [-0.05, 0) is 37.5 Å². The smallest absolute Gasteiger partial charge is 0.107 e. The van der Waals surface area contributed by atoms with E-state index in [0.29, 0.717) is 6.42 Å². The third kappa shape index (κ3) is 3.11. The fourth-order valence-electron chi connectivity index (χ4n) is 2.28. The van der Waals surface area contributed by atoms with E-state index in [-0.39, 0.29) is 0 Å². The van der Waals surface area contributed by atoms with Crippen molar-refractivity contribution in [3.05, 3.63) is 29.3 Å². The minimum absolute atomic E-state index is 0.434. The van der Waals surface area contributed by atoms with Crippen LogP contribution in [0.5, 0.6) is 0 Å². The number of anilines is 1. The van der Waals surface area contributed by atoms with Crippen molar-refractivity contribution in [1.82, 2.24) is 0 Å². The van der Waals surface area contributed by atoms with Gasteiger partial charge in [0.25, 0.3) is 0 Å². The minimum atomic E-state index is -0.632. The monoisotopic (exact) mass is 256 g/mol. The number of hydrogen-bond donors (Lipinski definition) is 1. The Morgan fingerprint density at radius 1 is 1.35 bits per heavy atom. The standard InChI is InChI=1S/C13H18ClFN2/c14-11-3-1-4-12(9-11)17-7-2-5-13(16,10-15)6-8-17/h1,3-4,9H,2,5-8,10,16H2. The quantitative estimate of drug-likeness (QED) is 0.882. The molecule has 1 heterocycles. The van der Waals surface area contributed by atoms with Gasteiger partial charge in [-0.3, -0.25) is 0 Å². The highest BCUT2D eigenvalue weighted by molar-refractivity contribution is 6.30. The molecule has 2 nitrogen and oxygen atoms in total. The molecule has 1 atom stereocenters. The lowest BCUT2D eigenvalue weighted by atomic mass is 9.94. The lowest BCUT2D eigenvalue weighted by Crippen LogP contribution is -2.43. The number of halogens is 2. The molecule has 0 spiro atoms. The van der Waals surface area contributed by atoms with E-state index in [4.69, 9.17) is 17.3 Å². The van der Waals surface area contributed by atoms with Crippen LogP contribution in [-0.4, -0.2) is 25.3 Å². The van der Waals surface area contributed by atoms with E-state index in [2.05, 4.69) is 4.90 Å². The molecule has 2 N–H and O–H groups in total. The number of nitrogens with two attached hydrogens (primary N) is 1. The van der Waals surface area contributed by atoms with Crippen LogP contribution in [0, 0.1) is 0 Å². The zero-order valence-corrected chi connectivity index (χ0v) is 10.6. The van der Waals surface area contributed by atoms with Crippen LogP contribution in [-0.2, 0) is 0 Å². The Morgan fingerprint density at radius 2 is 2.18 bits per heavy atom. The fourth-order valence-corrected chi connectivity index (χ4v) is 2.47. The summed E-state index contributed by atoms with van der Waals surface area (Å²) in [4.78, 5) is 2.23. The second kappa shape index (κ2) is 5.23. The number of rotatable bonds is 2. The van der Waals surface area contributed by atoms with Crippen LogP contribution in [0.2, 0.25) is 5.02 Å². The van der Waals surface area contributed by atoms with Gasteiger partial charge < -0.3 is 10.6 Å². The summed E-state index contributed by atoms with van der Waals surface area (Å²) in [6.07, 6.45) is 2.36. The maximum atomic E-state index is 12.9. The molecule has 17 heavy (non-hydrogen) atoms. The third-order valence-corrected chi connectivity index (χ3v) is 3.66. The van der Waals surface area contributed by atoms with Crippen molar-refractivity contribution < 1.29 is 4.39 Å². The topological polar surface area (TPSA) is 29.3 Å². The lowest BCUT2D eigenvalue weighted by molar-refractivity contribution is 0.282. The Hall–Kier alpha value is -0.800. The molecule has 0 radical (unpaired) electrons. The van der Waals surface area contributed by atoms with E-state index in [9.17, 15) is 4.39 Å². The minimum Gasteiger partial charge on any atom is -0.371 e. The van der Waals surface area contributed by atoms with Crippen molar-refractivity contribution in [2.75, 3.05) is 24.7 Å². The van der Waals surface area contributed by atoms with Crippen LogP contribution >= 0.6 is 11.6 Å². The van der Waals surface area contributed by atoms with Crippen LogP contribution in [0.25, 0.3) is 0 Å². The van der Waals surface area contributed by atoms with Crippen molar-refractivity contribution >= 4 is 17.3 Å². The molecule has 2 rings (SSSR count). The molecule has 1 unspecified atom stereocenters. The van der Waals surface area contributed by atoms with Crippen molar-refractivity contribution in [2.45, 2.75) is 24.8 Å². The van der Waals surface area contributed by atoms with Crippen LogP contribution in [0.3, 0.4) is 0 Å². The summed E-state index contributed by atoms with van der Waals surface area (Å²) >= 11 is 5.98. The van der Waals surface area contributed by atoms with E-state index in [0.717, 1.165) is 36.6 Å². The summed E-state index contributed by atoms with van der Waals surface area (Å²) < 4.78 is 12.9. The van der Waals surface area contributed by atoms with Crippen LogP contribution in [0.15, 0.2) is 24.3 Å². The summed E-state index contributed by atoms with van der Waals surface area (Å²) in [5.41, 5.74) is 6.47. The highest BCUT2D eigenvalue weighted by atomic mass is 35.5. The SMILES string of the molecule is NC1(CF)CCCN(c2cccc(Cl)c2)CC1. The molecule has 94 valence electrons. The molecule has 1 saturated heterocycles. The molecule has 0 aromatic heterocycles. The molecular weight excluding hydrogens is 239 g/mol. The Bertz CT molecular complexity index is 385. The zero-order valence-electron chi connectivity index (χ0n) is 9.83. The summed E-state index contributed by atoms with van der Waals surface area (Å²) in [5.74, 6) is 0. The molecule has 0 aliphatic carbocycles. The van der Waals surface area contributed by atoms with Gasteiger partial charge in [-0.15, -0.1) is 0 Å². The second-order valence-electron chi connectivity index (χ2n) is 4.82. The molecule has 0 amide bonds. The maximum Gasteiger partial charge on any atom is 0.107 e. The number of hydrogen-bond acceptors (Lipinski definition) is 2. The summed E-state index contributed by atoms with van der Waals surface area (Å²) in [5, 5.41) is 0.733. The molecule has 1 aromatic rings. The first kappa shape index (κ1) is 12.7. The number of nitrogens with zero attached hydrogens (tertiary/aromatic N) is 1. The molecular formula is C13H18ClFN2. The molecule has 0 bridgehead atoms. The van der Waals surface area contributed by atoms with Crippen molar-refractivity contribution in [2.24, 2.45) is 5.73 Å².